The largest absolute Gasteiger partial charge is 0.490 e. The molecule has 1 amide bonds. The summed E-state index contributed by atoms with van der Waals surface area (Å²) in [6.45, 7) is 0.647. The van der Waals surface area contributed by atoms with E-state index < -0.39 is 10.8 Å². The quantitative estimate of drug-likeness (QED) is 0.507. The van der Waals surface area contributed by atoms with Gasteiger partial charge in [-0.25, -0.2) is 0 Å². The van der Waals surface area contributed by atoms with Gasteiger partial charge in [0.2, 0.25) is 0 Å². The number of aromatic nitrogens is 3. The van der Waals surface area contributed by atoms with Crippen LogP contribution < -0.4 is 10.1 Å². The van der Waals surface area contributed by atoms with Crippen molar-refractivity contribution in [1.82, 2.24) is 14.8 Å². The minimum Gasteiger partial charge on any atom is -0.490 e. The molecule has 9 heteroatoms. The van der Waals surface area contributed by atoms with E-state index in [0.29, 0.717) is 12.4 Å². The number of hydrogen-bond acceptors (Lipinski definition) is 6. The van der Waals surface area contributed by atoms with Crippen LogP contribution in [0.2, 0.25) is 0 Å². The lowest BCUT2D eigenvalue weighted by Crippen LogP contribution is -2.13. The van der Waals surface area contributed by atoms with E-state index in [1.807, 2.05) is 12.1 Å². The van der Waals surface area contributed by atoms with Gasteiger partial charge < -0.3 is 10.1 Å². The van der Waals surface area contributed by atoms with Crippen LogP contribution in [0.1, 0.15) is 15.9 Å². The minimum atomic E-state index is -0.594. The summed E-state index contributed by atoms with van der Waals surface area (Å²) in [7, 11) is 1.33. The van der Waals surface area contributed by atoms with Gasteiger partial charge in [-0.05, 0) is 36.2 Å². The molecule has 0 bridgehead atoms. The summed E-state index contributed by atoms with van der Waals surface area (Å²) in [6, 6.07) is 9.56. The predicted molar refractivity (Wildman–Crippen MR) is 97.8 cm³/mol. The normalized spacial score (nSPS) is 10.4. The number of nitrogens with one attached hydrogen (secondary N) is 1. The third-order valence-corrected chi connectivity index (χ3v) is 3.90. The molecule has 0 atom stereocenters. The number of amides is 1. The number of nitro groups is 1. The molecule has 0 spiro atoms. The van der Waals surface area contributed by atoms with Crippen LogP contribution >= 0.6 is 0 Å². The Hall–Kier alpha value is -3.75. The van der Waals surface area contributed by atoms with Crippen LogP contribution in [0.15, 0.2) is 55.0 Å². The highest BCUT2D eigenvalue weighted by atomic mass is 16.6. The number of anilines is 1. The molecule has 9 nitrogen and oxygen atoms in total. The zero-order chi connectivity index (χ0) is 19.2. The zero-order valence-electron chi connectivity index (χ0n) is 14.5. The van der Waals surface area contributed by atoms with Gasteiger partial charge in [0.15, 0.2) is 11.6 Å². The molecule has 0 fully saturated rings. The highest BCUT2D eigenvalue weighted by Crippen LogP contribution is 2.27. The first kappa shape index (κ1) is 18.1. The molecule has 0 aliphatic carbocycles. The van der Waals surface area contributed by atoms with Crippen molar-refractivity contribution in [2.24, 2.45) is 0 Å². The van der Waals surface area contributed by atoms with Gasteiger partial charge in [0.1, 0.15) is 0 Å². The topological polar surface area (TPSA) is 112 Å². The molecule has 138 valence electrons. The highest BCUT2D eigenvalue weighted by molar-refractivity contribution is 6.04. The van der Waals surface area contributed by atoms with Gasteiger partial charge in [-0.1, -0.05) is 0 Å². The molecule has 2 aromatic heterocycles. The van der Waals surface area contributed by atoms with Crippen LogP contribution in [0, 0.1) is 10.1 Å². The van der Waals surface area contributed by atoms with Crippen LogP contribution in [-0.2, 0) is 13.0 Å². The van der Waals surface area contributed by atoms with Gasteiger partial charge in [0.05, 0.1) is 12.0 Å². The minimum absolute atomic E-state index is 0.0944. The van der Waals surface area contributed by atoms with Crippen molar-refractivity contribution in [3.63, 3.8) is 0 Å². The molecule has 0 aliphatic heterocycles. The summed E-state index contributed by atoms with van der Waals surface area (Å²) in [5.41, 5.74) is 1.01. The molecular formula is C18H17N5O4. The van der Waals surface area contributed by atoms with Gasteiger partial charge in [-0.15, -0.1) is 0 Å². The Kier molecular flexibility index (Phi) is 5.41. The Morgan fingerprint density at radius 3 is 2.74 bits per heavy atom. The molecule has 0 aliphatic rings. The maximum Gasteiger partial charge on any atom is 0.311 e. The summed E-state index contributed by atoms with van der Waals surface area (Å²) in [6.07, 6.45) is 6.01. The fourth-order valence-electron chi connectivity index (χ4n) is 2.51. The number of nitro benzene ring substituents is 1. The lowest BCUT2D eigenvalue weighted by Gasteiger charge is -2.05. The lowest BCUT2D eigenvalue weighted by molar-refractivity contribution is -0.385. The van der Waals surface area contributed by atoms with Crippen LogP contribution in [0.5, 0.6) is 5.75 Å². The molecular weight excluding hydrogens is 350 g/mol. The first-order chi connectivity index (χ1) is 13.1. The summed E-state index contributed by atoms with van der Waals surface area (Å²) in [5.74, 6) is -0.0229. The van der Waals surface area contributed by atoms with Gasteiger partial charge in [0, 0.05) is 42.8 Å². The van der Waals surface area contributed by atoms with E-state index in [1.165, 1.54) is 25.3 Å². The average molecular weight is 367 g/mol. The number of carbonyl (C=O) groups is 1. The summed E-state index contributed by atoms with van der Waals surface area (Å²) in [4.78, 5) is 26.8. The fourth-order valence-corrected chi connectivity index (χ4v) is 2.51. The van der Waals surface area contributed by atoms with E-state index in [-0.39, 0.29) is 17.0 Å². The molecule has 27 heavy (non-hydrogen) atoms. The van der Waals surface area contributed by atoms with Crippen LogP contribution in [0.3, 0.4) is 0 Å². The van der Waals surface area contributed by atoms with Crippen molar-refractivity contribution < 1.29 is 14.5 Å². The van der Waals surface area contributed by atoms with E-state index in [4.69, 9.17) is 4.74 Å². The second-order valence-electron chi connectivity index (χ2n) is 5.67. The summed E-state index contributed by atoms with van der Waals surface area (Å²) in [5, 5.41) is 18.0. The number of rotatable bonds is 7. The predicted octanol–water partition coefficient (Wildman–Crippen LogP) is 2.69. The maximum atomic E-state index is 12.3. The molecule has 3 aromatic rings. The van der Waals surface area contributed by atoms with Crippen LogP contribution in [-0.4, -0.2) is 32.7 Å². The van der Waals surface area contributed by atoms with Crippen molar-refractivity contribution in [2.45, 2.75) is 13.0 Å². The van der Waals surface area contributed by atoms with Crippen molar-refractivity contribution in [2.75, 3.05) is 12.4 Å². The number of benzene rings is 1. The number of carbonyl (C=O) groups excluding carboxylic acids is 1. The number of aryl methyl sites for hydroxylation is 2. The Bertz CT molecular complexity index is 955. The van der Waals surface area contributed by atoms with Crippen molar-refractivity contribution in [1.29, 1.82) is 0 Å². The van der Waals surface area contributed by atoms with Crippen molar-refractivity contribution in [3.8, 4) is 5.75 Å². The fraction of sp³-hybridized carbons (Fsp3) is 0.167. The number of methoxy groups -OCH3 is 1. The van der Waals surface area contributed by atoms with E-state index in [2.05, 4.69) is 15.4 Å². The molecule has 3 rings (SSSR count). The molecule has 2 heterocycles. The third-order valence-electron chi connectivity index (χ3n) is 3.90. The Labute approximate surface area is 154 Å². The van der Waals surface area contributed by atoms with Crippen molar-refractivity contribution >= 4 is 17.4 Å². The molecule has 1 aromatic carbocycles. The number of ether oxygens (including phenoxy) is 1. The summed E-state index contributed by atoms with van der Waals surface area (Å²) >= 11 is 0. The zero-order valence-corrected chi connectivity index (χ0v) is 14.5. The first-order valence-corrected chi connectivity index (χ1v) is 8.13. The first-order valence-electron chi connectivity index (χ1n) is 8.13. The standard InChI is InChI=1S/C18H17N5O4/c1-27-16-3-2-14(12-15(16)23(25)26)18(24)20-17-7-11-22(21-17)10-6-13-4-8-19-9-5-13/h2-5,7-9,11-12H,6,10H2,1H3,(H,20,21,24). The van der Waals surface area contributed by atoms with Gasteiger partial charge >= 0.3 is 5.69 Å². The molecule has 0 radical (unpaired) electrons. The Morgan fingerprint density at radius 2 is 2.04 bits per heavy atom. The van der Waals surface area contributed by atoms with E-state index in [0.717, 1.165) is 12.0 Å². The second-order valence-corrected chi connectivity index (χ2v) is 5.67. The van der Waals surface area contributed by atoms with Gasteiger partial charge in [0.25, 0.3) is 5.91 Å². The molecule has 0 unspecified atom stereocenters. The number of nitrogens with zero attached hydrogens (tertiary/aromatic N) is 4. The Morgan fingerprint density at radius 1 is 1.26 bits per heavy atom. The molecule has 0 saturated carbocycles. The number of hydrogen-bond donors (Lipinski definition) is 1. The van der Waals surface area contributed by atoms with Crippen molar-refractivity contribution in [3.05, 3.63) is 76.2 Å². The molecule has 0 saturated heterocycles. The lowest BCUT2D eigenvalue weighted by atomic mass is 10.1. The smallest absolute Gasteiger partial charge is 0.311 e. The second kappa shape index (κ2) is 8.09. The van der Waals surface area contributed by atoms with Crippen LogP contribution in [0.4, 0.5) is 11.5 Å². The van der Waals surface area contributed by atoms with E-state index in [9.17, 15) is 14.9 Å². The SMILES string of the molecule is COc1ccc(C(=O)Nc2ccn(CCc3ccncc3)n2)cc1[N+](=O)[O-]. The maximum absolute atomic E-state index is 12.3. The third kappa shape index (κ3) is 4.46. The average Bonchev–Trinajstić information content (AvgIpc) is 3.13. The van der Waals surface area contributed by atoms with Crippen LogP contribution in [0.25, 0.3) is 0 Å². The molecule has 1 N–H and O–H groups in total. The highest BCUT2D eigenvalue weighted by Gasteiger charge is 2.18. The van der Waals surface area contributed by atoms with Gasteiger partial charge in [-0.2, -0.15) is 5.10 Å². The van der Waals surface area contributed by atoms with E-state index in [1.54, 1.807) is 29.3 Å². The monoisotopic (exact) mass is 367 g/mol. The van der Waals surface area contributed by atoms with Gasteiger partial charge in [-0.3, -0.25) is 24.6 Å². The number of pyridine rings is 1. The Balaban J connectivity index is 1.65. The summed E-state index contributed by atoms with van der Waals surface area (Å²) < 4.78 is 6.65. The van der Waals surface area contributed by atoms with E-state index >= 15 is 0 Å².